The van der Waals surface area contributed by atoms with Crippen molar-refractivity contribution in [3.05, 3.63) is 106 Å². The molecule has 0 aliphatic heterocycles. The van der Waals surface area contributed by atoms with Gasteiger partial charge in [-0.3, -0.25) is 15.5 Å². The number of hydrazone groups is 1. The predicted octanol–water partition coefficient (Wildman–Crippen LogP) is 4.67. The lowest BCUT2D eigenvalue weighted by atomic mass is 10.2. The number of esters is 2. The summed E-state index contributed by atoms with van der Waals surface area (Å²) in [4.78, 5) is 34.8. The summed E-state index contributed by atoms with van der Waals surface area (Å²) in [5.41, 5.74) is 3.54. The van der Waals surface area contributed by atoms with Gasteiger partial charge < -0.3 is 18.3 Å². The number of benzene rings is 2. The van der Waals surface area contributed by atoms with Crippen LogP contribution in [0, 0.1) is 10.1 Å². The van der Waals surface area contributed by atoms with Gasteiger partial charge in [0.25, 0.3) is 5.69 Å². The Morgan fingerprint density at radius 1 is 0.912 bits per heavy atom. The third kappa shape index (κ3) is 5.34. The van der Waals surface area contributed by atoms with Crippen LogP contribution < -0.4 is 14.9 Å². The Labute approximate surface area is 191 Å². The molecule has 0 bridgehead atoms. The number of carbonyl (C=O) groups is 2. The van der Waals surface area contributed by atoms with E-state index in [1.54, 1.807) is 6.07 Å². The van der Waals surface area contributed by atoms with E-state index < -0.39 is 16.9 Å². The number of carbonyl (C=O) groups excluding carboxylic acids is 2. The third-order valence-electron chi connectivity index (χ3n) is 4.32. The van der Waals surface area contributed by atoms with E-state index in [2.05, 4.69) is 10.5 Å². The van der Waals surface area contributed by atoms with Crippen LogP contribution in [0.4, 0.5) is 11.4 Å². The highest BCUT2D eigenvalue weighted by Crippen LogP contribution is 2.26. The molecule has 2 heterocycles. The van der Waals surface area contributed by atoms with E-state index in [-0.39, 0.29) is 28.7 Å². The van der Waals surface area contributed by atoms with E-state index in [1.807, 2.05) is 0 Å². The number of nitrogens with zero attached hydrogens (tertiary/aromatic N) is 2. The van der Waals surface area contributed by atoms with E-state index >= 15 is 0 Å². The number of rotatable bonds is 8. The highest BCUT2D eigenvalue weighted by atomic mass is 16.6. The Morgan fingerprint density at radius 3 is 2.15 bits per heavy atom. The van der Waals surface area contributed by atoms with E-state index in [1.165, 1.54) is 79.4 Å². The van der Waals surface area contributed by atoms with Crippen LogP contribution >= 0.6 is 0 Å². The van der Waals surface area contributed by atoms with Gasteiger partial charge in [-0.2, -0.15) is 5.10 Å². The maximum Gasteiger partial charge on any atom is 0.379 e. The monoisotopic (exact) mass is 461 g/mol. The molecule has 0 aliphatic carbocycles. The van der Waals surface area contributed by atoms with Crippen LogP contribution in [0.25, 0.3) is 0 Å². The van der Waals surface area contributed by atoms with Crippen LogP contribution in [0.5, 0.6) is 11.5 Å². The largest absolute Gasteiger partial charge is 0.457 e. The number of anilines is 1. The van der Waals surface area contributed by atoms with Crippen molar-refractivity contribution in [3.63, 3.8) is 0 Å². The molecule has 4 aromatic rings. The SMILES string of the molecule is O=C(Oc1ccc(/C=N/Nc2ccc([N+](=O)[O-])cc2)c(OC(=O)c2ccco2)c1)c1ccco1. The van der Waals surface area contributed by atoms with Gasteiger partial charge in [0.15, 0.2) is 0 Å². The molecule has 0 atom stereocenters. The van der Waals surface area contributed by atoms with Crippen LogP contribution in [-0.4, -0.2) is 23.1 Å². The lowest BCUT2D eigenvalue weighted by Gasteiger charge is -2.09. The number of hydrogen-bond donors (Lipinski definition) is 1. The first kappa shape index (κ1) is 22.0. The average molecular weight is 461 g/mol. The topological polar surface area (TPSA) is 146 Å². The minimum atomic E-state index is -0.766. The summed E-state index contributed by atoms with van der Waals surface area (Å²) in [7, 11) is 0. The molecule has 0 saturated heterocycles. The maximum atomic E-state index is 12.4. The lowest BCUT2D eigenvalue weighted by molar-refractivity contribution is -0.384. The Morgan fingerprint density at radius 2 is 1.56 bits per heavy atom. The van der Waals surface area contributed by atoms with Crippen LogP contribution in [0.2, 0.25) is 0 Å². The van der Waals surface area contributed by atoms with Gasteiger partial charge in [0.05, 0.1) is 29.4 Å². The number of non-ortho nitro benzene ring substituents is 1. The third-order valence-corrected chi connectivity index (χ3v) is 4.32. The van der Waals surface area contributed by atoms with Crippen LogP contribution in [-0.2, 0) is 0 Å². The van der Waals surface area contributed by atoms with Gasteiger partial charge in [-0.25, -0.2) is 9.59 Å². The van der Waals surface area contributed by atoms with E-state index in [4.69, 9.17) is 18.3 Å². The highest BCUT2D eigenvalue weighted by Gasteiger charge is 2.17. The standard InChI is InChI=1S/C23H15N3O8/c27-22(19-3-1-11-31-19)33-18-10-5-15(21(13-18)34-23(28)20-4-2-12-32-20)14-24-25-16-6-8-17(9-7-16)26(29)30/h1-14,25H/b24-14+. The maximum absolute atomic E-state index is 12.4. The number of nitro groups is 1. The predicted molar refractivity (Wildman–Crippen MR) is 118 cm³/mol. The smallest absolute Gasteiger partial charge is 0.379 e. The molecule has 1 N–H and O–H groups in total. The minimum Gasteiger partial charge on any atom is -0.457 e. The quantitative estimate of drug-likeness (QED) is 0.130. The molecule has 0 saturated carbocycles. The summed E-state index contributed by atoms with van der Waals surface area (Å²) in [6.07, 6.45) is 4.03. The average Bonchev–Trinajstić information content (AvgIpc) is 3.55. The van der Waals surface area contributed by atoms with Crippen molar-refractivity contribution in [2.75, 3.05) is 5.43 Å². The number of ether oxygens (including phenoxy) is 2. The van der Waals surface area contributed by atoms with Gasteiger partial charge in [0.2, 0.25) is 11.5 Å². The molecule has 34 heavy (non-hydrogen) atoms. The molecule has 0 unspecified atom stereocenters. The molecular formula is C23H15N3O8. The second-order valence-electron chi connectivity index (χ2n) is 6.61. The van der Waals surface area contributed by atoms with E-state index in [0.717, 1.165) is 0 Å². The van der Waals surface area contributed by atoms with E-state index in [9.17, 15) is 19.7 Å². The fourth-order valence-electron chi connectivity index (χ4n) is 2.70. The number of nitro benzene ring substituents is 1. The molecule has 11 nitrogen and oxygen atoms in total. The fraction of sp³-hybridized carbons (Fsp3) is 0. The molecule has 0 radical (unpaired) electrons. The Kier molecular flexibility index (Phi) is 6.45. The van der Waals surface area contributed by atoms with Crippen molar-refractivity contribution in [1.29, 1.82) is 0 Å². The molecule has 0 aliphatic rings. The normalized spacial score (nSPS) is 10.7. The Bertz CT molecular complexity index is 1330. The van der Waals surface area contributed by atoms with Crippen LogP contribution in [0.1, 0.15) is 26.7 Å². The van der Waals surface area contributed by atoms with Crippen molar-refractivity contribution in [2.24, 2.45) is 5.10 Å². The van der Waals surface area contributed by atoms with Gasteiger partial charge in [-0.05, 0) is 48.5 Å². The van der Waals surface area contributed by atoms with E-state index in [0.29, 0.717) is 11.3 Å². The first-order chi connectivity index (χ1) is 16.5. The molecule has 0 spiro atoms. The van der Waals surface area contributed by atoms with Gasteiger partial charge in [-0.1, -0.05) is 0 Å². The number of hydrogen-bond acceptors (Lipinski definition) is 10. The van der Waals surface area contributed by atoms with Gasteiger partial charge in [-0.15, -0.1) is 0 Å². The zero-order chi connectivity index (χ0) is 23.9. The van der Waals surface area contributed by atoms with Gasteiger partial charge in [0.1, 0.15) is 11.5 Å². The summed E-state index contributed by atoms with van der Waals surface area (Å²) in [5, 5.41) is 14.8. The van der Waals surface area contributed by atoms with Crippen molar-refractivity contribution >= 4 is 29.5 Å². The highest BCUT2D eigenvalue weighted by molar-refractivity contribution is 5.92. The number of furan rings is 2. The molecule has 2 aromatic carbocycles. The molecule has 2 aromatic heterocycles. The molecule has 0 fully saturated rings. The van der Waals surface area contributed by atoms with Crippen LogP contribution in [0.15, 0.2) is 93.2 Å². The molecule has 0 amide bonds. The van der Waals surface area contributed by atoms with Crippen molar-refractivity contribution < 1.29 is 32.8 Å². The summed E-state index contributed by atoms with van der Waals surface area (Å²) in [5.74, 6) is -1.37. The van der Waals surface area contributed by atoms with Crippen molar-refractivity contribution in [2.45, 2.75) is 0 Å². The first-order valence-corrected chi connectivity index (χ1v) is 9.68. The van der Waals surface area contributed by atoms with Crippen molar-refractivity contribution in [3.8, 4) is 11.5 Å². The molecular weight excluding hydrogens is 446 g/mol. The Hall–Kier alpha value is -5.19. The van der Waals surface area contributed by atoms with Crippen molar-refractivity contribution in [1.82, 2.24) is 0 Å². The summed E-state index contributed by atoms with van der Waals surface area (Å²) < 4.78 is 20.7. The molecule has 170 valence electrons. The summed E-state index contributed by atoms with van der Waals surface area (Å²) >= 11 is 0. The molecule has 11 heteroatoms. The van der Waals surface area contributed by atoms with Gasteiger partial charge in [0, 0.05) is 23.8 Å². The number of nitrogens with one attached hydrogen (secondary N) is 1. The lowest BCUT2D eigenvalue weighted by Crippen LogP contribution is -2.10. The summed E-state index contributed by atoms with van der Waals surface area (Å²) in [6.45, 7) is 0. The zero-order valence-corrected chi connectivity index (χ0v) is 17.2. The van der Waals surface area contributed by atoms with Gasteiger partial charge >= 0.3 is 11.9 Å². The fourth-order valence-corrected chi connectivity index (χ4v) is 2.70. The Balaban J connectivity index is 1.54. The zero-order valence-electron chi connectivity index (χ0n) is 17.2. The molecule has 4 rings (SSSR count). The second kappa shape index (κ2) is 9.96. The summed E-state index contributed by atoms with van der Waals surface area (Å²) in [6, 6.07) is 16.0. The minimum absolute atomic E-state index is 0.00654. The van der Waals surface area contributed by atoms with Crippen LogP contribution in [0.3, 0.4) is 0 Å². The first-order valence-electron chi connectivity index (χ1n) is 9.68. The second-order valence-corrected chi connectivity index (χ2v) is 6.61.